The van der Waals surface area contributed by atoms with Crippen LogP contribution in [0.5, 0.6) is 0 Å². The molecule has 3 aromatic rings. The van der Waals surface area contributed by atoms with Gasteiger partial charge in [0.2, 0.25) is 5.91 Å². The fourth-order valence-corrected chi connectivity index (χ4v) is 5.47. The molecule has 1 amide bonds. The Morgan fingerprint density at radius 2 is 1.78 bits per heavy atom. The number of hydrogen-bond acceptors (Lipinski definition) is 7. The first-order valence-electron chi connectivity index (χ1n) is 11.2. The van der Waals surface area contributed by atoms with Crippen LogP contribution in [0.2, 0.25) is 0 Å². The number of carbonyl (C=O) groups excluding carboxylic acids is 1. The van der Waals surface area contributed by atoms with Crippen LogP contribution in [0, 0.1) is 12.7 Å². The summed E-state index contributed by atoms with van der Waals surface area (Å²) in [4.78, 5) is 25.9. The van der Waals surface area contributed by atoms with Gasteiger partial charge in [-0.15, -0.1) is 0 Å². The van der Waals surface area contributed by atoms with Crippen LogP contribution in [0.4, 0.5) is 19.0 Å². The zero-order valence-corrected chi connectivity index (χ0v) is 20.7. The maximum atomic E-state index is 14.7. The van der Waals surface area contributed by atoms with Crippen molar-refractivity contribution in [2.75, 3.05) is 31.5 Å². The number of alkyl halides is 2. The number of aromatic nitrogens is 3. The summed E-state index contributed by atoms with van der Waals surface area (Å²) in [6.07, 6.45) is -1.65. The summed E-state index contributed by atoms with van der Waals surface area (Å²) in [6, 6.07) is 4.34. The van der Waals surface area contributed by atoms with E-state index in [0.29, 0.717) is 16.7 Å². The minimum Gasteiger partial charge on any atom is -0.363 e. The number of sulfonamides is 1. The molecule has 2 aromatic heterocycles. The third kappa shape index (κ3) is 4.98. The molecule has 13 heteroatoms. The molecule has 1 N–H and O–H groups in total. The Labute approximate surface area is 206 Å². The normalized spacial score (nSPS) is 15.9. The quantitative estimate of drug-likeness (QED) is 0.528. The Balaban J connectivity index is 1.68. The van der Waals surface area contributed by atoms with Crippen molar-refractivity contribution in [2.24, 2.45) is 0 Å². The number of piperazine rings is 1. The van der Waals surface area contributed by atoms with E-state index in [1.54, 1.807) is 18.7 Å². The van der Waals surface area contributed by atoms with Gasteiger partial charge in [0, 0.05) is 44.1 Å². The first-order chi connectivity index (χ1) is 17.0. The second-order valence-electron chi connectivity index (χ2n) is 8.49. The monoisotopic (exact) mass is 522 g/mol. The third-order valence-electron chi connectivity index (χ3n) is 6.07. The van der Waals surface area contributed by atoms with Crippen LogP contribution < -0.4 is 5.32 Å². The third-order valence-corrected chi connectivity index (χ3v) is 7.87. The van der Waals surface area contributed by atoms with Crippen molar-refractivity contribution < 1.29 is 26.4 Å². The fourth-order valence-electron chi connectivity index (χ4n) is 4.11. The number of nitrogens with zero attached hydrogens (tertiary/aromatic N) is 5. The molecule has 1 atom stereocenters. The van der Waals surface area contributed by atoms with E-state index in [2.05, 4.69) is 20.3 Å². The Bertz CT molecular complexity index is 1410. The summed E-state index contributed by atoms with van der Waals surface area (Å²) in [7, 11) is -3.97. The predicted molar refractivity (Wildman–Crippen MR) is 126 cm³/mol. The van der Waals surface area contributed by atoms with E-state index in [9.17, 15) is 26.4 Å². The first-order valence-corrected chi connectivity index (χ1v) is 12.7. The highest BCUT2D eigenvalue weighted by Crippen LogP contribution is 2.31. The molecule has 1 aliphatic heterocycles. The Kier molecular flexibility index (Phi) is 7.14. The van der Waals surface area contributed by atoms with Crippen molar-refractivity contribution in [3.05, 3.63) is 53.2 Å². The predicted octanol–water partition coefficient (Wildman–Crippen LogP) is 3.44. The number of pyridine rings is 1. The Morgan fingerprint density at radius 1 is 1.11 bits per heavy atom. The molecule has 9 nitrogen and oxygen atoms in total. The summed E-state index contributed by atoms with van der Waals surface area (Å²) in [5, 5.41) is 3.11. The fraction of sp³-hybridized carbons (Fsp3) is 0.391. The molecule has 4 rings (SSSR count). The molecule has 36 heavy (non-hydrogen) atoms. The van der Waals surface area contributed by atoms with Gasteiger partial charge in [0.15, 0.2) is 5.03 Å². The lowest BCUT2D eigenvalue weighted by atomic mass is 10.0. The second-order valence-corrected chi connectivity index (χ2v) is 10.4. The van der Waals surface area contributed by atoms with E-state index >= 15 is 0 Å². The van der Waals surface area contributed by atoms with Crippen molar-refractivity contribution >= 4 is 32.7 Å². The molecule has 0 radical (unpaired) electrons. The molecule has 3 heterocycles. The van der Waals surface area contributed by atoms with Crippen LogP contribution in [0.1, 0.15) is 43.3 Å². The molecular formula is C23H25F3N6O3S. The number of benzene rings is 1. The zero-order valence-electron chi connectivity index (χ0n) is 19.9. The SMILES string of the molecule is CC(=O)N1CCN(S(=O)(=O)c2cc3c(N[C@H](C)c4cccc(C(F)F)c4F)nc(C)nc3cn2)CC1. The van der Waals surface area contributed by atoms with E-state index in [1.807, 2.05) is 0 Å². The molecule has 0 aliphatic carbocycles. The van der Waals surface area contributed by atoms with E-state index < -0.39 is 33.9 Å². The van der Waals surface area contributed by atoms with Crippen molar-refractivity contribution in [1.82, 2.24) is 24.2 Å². The summed E-state index contributed by atoms with van der Waals surface area (Å²) >= 11 is 0. The van der Waals surface area contributed by atoms with Crippen molar-refractivity contribution in [3.63, 3.8) is 0 Å². The van der Waals surface area contributed by atoms with Gasteiger partial charge in [0.05, 0.1) is 23.3 Å². The Morgan fingerprint density at radius 3 is 2.42 bits per heavy atom. The largest absolute Gasteiger partial charge is 0.363 e. The van der Waals surface area contributed by atoms with Crippen LogP contribution in [0.15, 0.2) is 35.5 Å². The number of anilines is 1. The van der Waals surface area contributed by atoms with Crippen molar-refractivity contribution in [1.29, 1.82) is 0 Å². The molecule has 1 saturated heterocycles. The highest BCUT2D eigenvalue weighted by Gasteiger charge is 2.31. The first kappa shape index (κ1) is 25.8. The summed E-state index contributed by atoms with van der Waals surface area (Å²) in [5.41, 5.74) is -0.325. The summed E-state index contributed by atoms with van der Waals surface area (Å²) < 4.78 is 68.8. The van der Waals surface area contributed by atoms with Gasteiger partial charge in [-0.3, -0.25) is 4.79 Å². The molecule has 1 aliphatic rings. The van der Waals surface area contributed by atoms with E-state index in [0.717, 1.165) is 6.07 Å². The number of amides is 1. The molecule has 192 valence electrons. The lowest BCUT2D eigenvalue weighted by molar-refractivity contribution is -0.129. The number of hydrogen-bond donors (Lipinski definition) is 1. The maximum Gasteiger partial charge on any atom is 0.266 e. The van der Waals surface area contributed by atoms with E-state index in [1.165, 1.54) is 35.6 Å². The second kappa shape index (κ2) is 9.97. The van der Waals surface area contributed by atoms with Crippen LogP contribution >= 0.6 is 0 Å². The number of rotatable bonds is 6. The minimum absolute atomic E-state index is 0.0162. The highest BCUT2D eigenvalue weighted by molar-refractivity contribution is 7.89. The molecule has 1 fully saturated rings. The number of nitrogens with one attached hydrogen (secondary N) is 1. The average Bonchev–Trinajstić information content (AvgIpc) is 2.83. The number of halogens is 3. The molecular weight excluding hydrogens is 497 g/mol. The van der Waals surface area contributed by atoms with Crippen LogP contribution in [-0.4, -0.2) is 64.7 Å². The molecule has 0 saturated carbocycles. The van der Waals surface area contributed by atoms with Gasteiger partial charge in [-0.25, -0.2) is 36.5 Å². The maximum absolute atomic E-state index is 14.7. The standard InChI is InChI=1S/C23H25F3N6O3S/c1-13(16-5-4-6-17(21(16)24)22(25)26)28-23-18-11-20(27-12-19(18)29-14(2)30-23)36(34,35)32-9-7-31(8-10-32)15(3)33/h4-6,11-13,22H,7-10H2,1-3H3,(H,28,29,30)/t13-/m1/s1. The van der Waals surface area contributed by atoms with E-state index in [-0.39, 0.29) is 48.5 Å². The van der Waals surface area contributed by atoms with Gasteiger partial charge >= 0.3 is 0 Å². The topological polar surface area (TPSA) is 108 Å². The number of fused-ring (bicyclic) bond motifs is 1. The van der Waals surface area contributed by atoms with Crippen LogP contribution in [0.25, 0.3) is 10.9 Å². The van der Waals surface area contributed by atoms with Gasteiger partial charge in [0.1, 0.15) is 17.5 Å². The Hall–Kier alpha value is -3.32. The lowest BCUT2D eigenvalue weighted by Gasteiger charge is -2.33. The highest BCUT2D eigenvalue weighted by atomic mass is 32.2. The summed E-state index contributed by atoms with van der Waals surface area (Å²) in [6.45, 7) is 5.47. The molecule has 0 bridgehead atoms. The number of carbonyl (C=O) groups is 1. The van der Waals surface area contributed by atoms with Crippen LogP contribution in [-0.2, 0) is 14.8 Å². The lowest BCUT2D eigenvalue weighted by Crippen LogP contribution is -2.50. The van der Waals surface area contributed by atoms with Crippen LogP contribution in [0.3, 0.4) is 0 Å². The molecule has 0 spiro atoms. The minimum atomic E-state index is -3.97. The van der Waals surface area contributed by atoms with Gasteiger partial charge in [-0.2, -0.15) is 4.31 Å². The number of aryl methyl sites for hydroxylation is 1. The van der Waals surface area contributed by atoms with Gasteiger partial charge < -0.3 is 10.2 Å². The zero-order chi connectivity index (χ0) is 26.2. The van der Waals surface area contributed by atoms with Gasteiger partial charge in [-0.1, -0.05) is 18.2 Å². The molecule has 1 aromatic carbocycles. The molecule has 0 unspecified atom stereocenters. The summed E-state index contributed by atoms with van der Waals surface area (Å²) in [5.74, 6) is -0.565. The van der Waals surface area contributed by atoms with Crippen molar-refractivity contribution in [2.45, 2.75) is 38.3 Å². The van der Waals surface area contributed by atoms with Gasteiger partial charge in [0.25, 0.3) is 16.4 Å². The average molecular weight is 523 g/mol. The smallest absolute Gasteiger partial charge is 0.266 e. The van der Waals surface area contributed by atoms with Crippen molar-refractivity contribution in [3.8, 4) is 0 Å². The van der Waals surface area contributed by atoms with E-state index in [4.69, 9.17) is 0 Å². The van der Waals surface area contributed by atoms with Gasteiger partial charge in [-0.05, 0) is 19.9 Å².